The van der Waals surface area contributed by atoms with E-state index >= 15 is 0 Å². The van der Waals surface area contributed by atoms with Crippen LogP contribution in [0.1, 0.15) is 22.3 Å². The van der Waals surface area contributed by atoms with Crippen LogP contribution in [0.5, 0.6) is 0 Å². The Kier molecular flexibility index (Phi) is 14.3. The van der Waals surface area contributed by atoms with E-state index in [0.717, 1.165) is 9.52 Å². The number of rotatable bonds is 0. The van der Waals surface area contributed by atoms with E-state index in [1.807, 2.05) is 0 Å². The second-order valence-electron chi connectivity index (χ2n) is 6.60. The first-order valence-corrected chi connectivity index (χ1v) is 10.8. The van der Waals surface area contributed by atoms with E-state index in [-0.39, 0.29) is 41.1 Å². The van der Waals surface area contributed by atoms with Crippen LogP contribution in [0.25, 0.3) is 21.5 Å². The Balaban J connectivity index is 0. The van der Waals surface area contributed by atoms with E-state index < -0.39 is 0 Å². The van der Waals surface area contributed by atoms with Crippen molar-refractivity contribution in [2.45, 2.75) is 40.8 Å². The fourth-order valence-electron chi connectivity index (χ4n) is 3.07. The topological polar surface area (TPSA) is 0 Å². The van der Waals surface area contributed by atoms with Crippen LogP contribution in [-0.4, -0.2) is 9.52 Å². The minimum absolute atomic E-state index is 0. The maximum atomic E-state index is 2.18. The van der Waals surface area contributed by atoms with Crippen molar-refractivity contribution in [3.63, 3.8) is 0 Å². The van der Waals surface area contributed by atoms with Gasteiger partial charge in [-0.15, -0.1) is 56.9 Å². The molecule has 0 nitrogen and oxygen atoms in total. The summed E-state index contributed by atoms with van der Waals surface area (Å²) in [7, 11) is 1.08. The van der Waals surface area contributed by atoms with Crippen LogP contribution in [0.2, 0.25) is 13.1 Å². The zero-order chi connectivity index (χ0) is 18.4. The minimum atomic E-state index is 0. The third kappa shape index (κ3) is 6.98. The van der Waals surface area contributed by atoms with Crippen LogP contribution in [0.15, 0.2) is 60.7 Å². The molecule has 0 aromatic heterocycles. The predicted octanol–water partition coefficient (Wildman–Crippen LogP) is 8.04. The van der Waals surface area contributed by atoms with Gasteiger partial charge in [0.15, 0.2) is 0 Å². The maximum absolute atomic E-state index is 2.18. The van der Waals surface area contributed by atoms with Gasteiger partial charge in [0.1, 0.15) is 0 Å². The summed E-state index contributed by atoms with van der Waals surface area (Å²) in [6.45, 7) is 12.9. The van der Waals surface area contributed by atoms with E-state index in [0.29, 0.717) is 0 Å². The van der Waals surface area contributed by atoms with Gasteiger partial charge in [-0.2, -0.15) is 24.3 Å². The molecule has 0 amide bonds. The summed E-state index contributed by atoms with van der Waals surface area (Å²) < 4.78 is 0. The van der Waals surface area contributed by atoms with E-state index in [9.17, 15) is 0 Å². The zero-order valence-corrected chi connectivity index (χ0v) is 22.2. The second kappa shape index (κ2) is 13.9. The van der Waals surface area contributed by atoms with E-state index in [1.54, 1.807) is 0 Å². The standard InChI is InChI=1S/2C11H11.C2H6Si.2CH3.Zr/c2*1-8-6-7-9(2)11-5-3-4-10(8)11;1-3-2;;;/h2*3-7H,1-2H3;1-2H3;2*1H3;/q2*-1;;2*-1;+4. The summed E-state index contributed by atoms with van der Waals surface area (Å²) >= 11 is 0. The molecule has 0 fully saturated rings. The Labute approximate surface area is 195 Å². The molecule has 0 spiro atoms. The first-order valence-electron chi connectivity index (χ1n) is 8.81. The van der Waals surface area contributed by atoms with Crippen LogP contribution in [0.3, 0.4) is 0 Å². The average molecular weight is 466 g/mol. The maximum Gasteiger partial charge on any atom is 4.00 e. The summed E-state index contributed by atoms with van der Waals surface area (Å²) in [5, 5.41) is 5.57. The van der Waals surface area contributed by atoms with Crippen molar-refractivity contribution in [2.24, 2.45) is 0 Å². The third-order valence-corrected chi connectivity index (χ3v) is 4.50. The van der Waals surface area contributed by atoms with E-state index in [2.05, 4.69) is 101 Å². The molecule has 0 aliphatic heterocycles. The van der Waals surface area contributed by atoms with Crippen LogP contribution in [-0.2, 0) is 26.2 Å². The molecule has 4 rings (SSSR count). The number of hydrogen-bond donors (Lipinski definition) is 0. The molecule has 4 aromatic carbocycles. The average Bonchev–Trinajstić information content (AvgIpc) is 3.26. The Bertz CT molecular complexity index is 794. The van der Waals surface area contributed by atoms with Gasteiger partial charge in [-0.05, 0) is 13.8 Å². The molecule has 0 N–H and O–H groups in total. The van der Waals surface area contributed by atoms with Crippen molar-refractivity contribution in [1.29, 1.82) is 0 Å². The number of hydrogen-bond acceptors (Lipinski definition) is 0. The van der Waals surface area contributed by atoms with Gasteiger partial charge in [-0.25, -0.2) is 0 Å². The van der Waals surface area contributed by atoms with Crippen LogP contribution >= 0.6 is 0 Å². The van der Waals surface area contributed by atoms with Crippen LogP contribution in [0.4, 0.5) is 0 Å². The molecule has 0 saturated carbocycles. The van der Waals surface area contributed by atoms with E-state index in [1.165, 1.54) is 43.8 Å². The van der Waals surface area contributed by atoms with Gasteiger partial charge in [0.25, 0.3) is 0 Å². The largest absolute Gasteiger partial charge is 4.00 e. The fraction of sp³-hybridized carbons (Fsp3) is 0.231. The summed E-state index contributed by atoms with van der Waals surface area (Å²) in [6, 6.07) is 21.7. The molecule has 0 bridgehead atoms. The van der Waals surface area contributed by atoms with Gasteiger partial charge in [0.05, 0.1) is 0 Å². The molecule has 4 aromatic rings. The summed E-state index contributed by atoms with van der Waals surface area (Å²) in [5.41, 5.74) is 5.48. The molecule has 0 atom stereocenters. The Hall–Kier alpha value is -1.24. The Morgan fingerprint density at radius 2 is 0.857 bits per heavy atom. The quantitative estimate of drug-likeness (QED) is 0.182. The molecule has 28 heavy (non-hydrogen) atoms. The number of benzene rings is 2. The fourth-order valence-corrected chi connectivity index (χ4v) is 3.07. The van der Waals surface area contributed by atoms with Crippen molar-refractivity contribution < 1.29 is 26.2 Å². The van der Waals surface area contributed by atoms with Crippen molar-refractivity contribution in [2.75, 3.05) is 0 Å². The molecular weight excluding hydrogens is 432 g/mol. The normalized spacial score (nSPS) is 9.07. The first-order chi connectivity index (χ1) is 12.0. The minimum Gasteiger partial charge on any atom is -0.358 e. The third-order valence-electron chi connectivity index (χ3n) is 4.50. The van der Waals surface area contributed by atoms with Crippen LogP contribution in [0, 0.1) is 42.5 Å². The van der Waals surface area contributed by atoms with Crippen molar-refractivity contribution in [1.82, 2.24) is 0 Å². The van der Waals surface area contributed by atoms with Gasteiger partial charge in [0.2, 0.25) is 0 Å². The van der Waals surface area contributed by atoms with Crippen molar-refractivity contribution >= 4 is 31.1 Å². The van der Waals surface area contributed by atoms with Gasteiger partial charge >= 0.3 is 26.2 Å². The molecule has 2 heteroatoms. The summed E-state index contributed by atoms with van der Waals surface area (Å²) in [5.74, 6) is 0. The molecule has 2 radical (unpaired) electrons. The predicted molar refractivity (Wildman–Crippen MR) is 128 cm³/mol. The first kappa shape index (κ1) is 29.0. The molecule has 0 heterocycles. The molecule has 0 aliphatic rings. The van der Waals surface area contributed by atoms with Gasteiger partial charge in [0, 0.05) is 9.52 Å². The smallest absolute Gasteiger partial charge is 0.358 e. The van der Waals surface area contributed by atoms with Crippen molar-refractivity contribution in [3.05, 3.63) is 97.8 Å². The molecule has 0 unspecified atom stereocenters. The van der Waals surface area contributed by atoms with E-state index in [4.69, 9.17) is 0 Å². The Morgan fingerprint density at radius 1 is 0.571 bits per heavy atom. The molecule has 0 aliphatic carbocycles. The second-order valence-corrected chi connectivity index (χ2v) is 7.60. The van der Waals surface area contributed by atoms with Gasteiger partial charge in [-0.1, -0.05) is 50.2 Å². The monoisotopic (exact) mass is 464 g/mol. The molecule has 0 saturated heterocycles. The number of aryl methyl sites for hydroxylation is 4. The molecule has 146 valence electrons. The van der Waals surface area contributed by atoms with Crippen LogP contribution < -0.4 is 0 Å². The van der Waals surface area contributed by atoms with Gasteiger partial charge in [-0.3, -0.25) is 0 Å². The SMILES string of the molecule is C[Si]C.Cc1ccc(C)c2[cH-]ccc12.Cc1ccc(C)c2[cH-]ccc12.[CH3-].[CH3-].[Zr+4]. The number of fused-ring (bicyclic) bond motifs is 2. The summed E-state index contributed by atoms with van der Waals surface area (Å²) in [6.07, 6.45) is 0. The Morgan fingerprint density at radius 3 is 1.14 bits per heavy atom. The summed E-state index contributed by atoms with van der Waals surface area (Å²) in [4.78, 5) is 0. The zero-order valence-electron chi connectivity index (χ0n) is 18.8. The van der Waals surface area contributed by atoms with Crippen molar-refractivity contribution in [3.8, 4) is 0 Å². The molecular formula is C26H34SiZr. The van der Waals surface area contributed by atoms with Gasteiger partial charge < -0.3 is 14.9 Å².